The highest BCUT2D eigenvalue weighted by atomic mass is 16.3. The minimum absolute atomic E-state index is 0.0212. The second-order valence-corrected chi connectivity index (χ2v) is 4.37. The standard InChI is InChI=1S/C12H16N2O3/c15-7-8-3-1-5-10(8)14-12(17)9-4-2-6-13-11(9)16/h2,4,6,8,10,15H,1,3,5,7H2,(H,13,16)(H,14,17). The fourth-order valence-electron chi connectivity index (χ4n) is 2.29. The van der Waals surface area contributed by atoms with E-state index in [1.807, 2.05) is 0 Å². The van der Waals surface area contributed by atoms with E-state index in [9.17, 15) is 9.59 Å². The van der Waals surface area contributed by atoms with Gasteiger partial charge in [0, 0.05) is 24.8 Å². The second kappa shape index (κ2) is 5.14. The maximum absolute atomic E-state index is 11.9. The molecular formula is C12H16N2O3. The van der Waals surface area contributed by atoms with Crippen LogP contribution in [0.4, 0.5) is 0 Å². The average Bonchev–Trinajstić information content (AvgIpc) is 2.76. The summed E-state index contributed by atoms with van der Waals surface area (Å²) in [6.07, 6.45) is 4.28. The number of aromatic amines is 1. The first-order valence-electron chi connectivity index (χ1n) is 5.82. The summed E-state index contributed by atoms with van der Waals surface area (Å²) >= 11 is 0. The molecule has 2 atom stereocenters. The lowest BCUT2D eigenvalue weighted by Gasteiger charge is -2.18. The van der Waals surface area contributed by atoms with Crippen molar-refractivity contribution in [3.05, 3.63) is 34.2 Å². The van der Waals surface area contributed by atoms with Crippen LogP contribution in [0.15, 0.2) is 23.1 Å². The molecule has 0 saturated heterocycles. The molecule has 0 spiro atoms. The number of aromatic nitrogens is 1. The van der Waals surface area contributed by atoms with Crippen molar-refractivity contribution >= 4 is 5.91 Å². The molecule has 1 aromatic heterocycles. The van der Waals surface area contributed by atoms with Crippen LogP contribution in [0.25, 0.3) is 0 Å². The molecule has 92 valence electrons. The average molecular weight is 236 g/mol. The first-order chi connectivity index (χ1) is 8.22. The Labute approximate surface area is 98.9 Å². The van der Waals surface area contributed by atoms with E-state index in [1.165, 1.54) is 12.3 Å². The Hall–Kier alpha value is -1.62. The molecule has 1 fully saturated rings. The van der Waals surface area contributed by atoms with Crippen molar-refractivity contribution in [2.24, 2.45) is 5.92 Å². The van der Waals surface area contributed by atoms with E-state index in [-0.39, 0.29) is 35.6 Å². The SMILES string of the molecule is O=C(NC1CCCC1CO)c1ccc[nH]c1=O. The molecule has 1 saturated carbocycles. The zero-order valence-electron chi connectivity index (χ0n) is 9.48. The van der Waals surface area contributed by atoms with Gasteiger partial charge in [0.25, 0.3) is 11.5 Å². The Bertz CT molecular complexity index is 455. The van der Waals surface area contributed by atoms with Crippen LogP contribution in [0, 0.1) is 5.92 Å². The molecule has 2 unspecified atom stereocenters. The van der Waals surface area contributed by atoms with Gasteiger partial charge >= 0.3 is 0 Å². The molecule has 1 aliphatic rings. The highest BCUT2D eigenvalue weighted by molar-refractivity contribution is 5.93. The fraction of sp³-hybridized carbons (Fsp3) is 0.500. The molecule has 17 heavy (non-hydrogen) atoms. The topological polar surface area (TPSA) is 82.2 Å². The van der Waals surface area contributed by atoms with Crippen LogP contribution < -0.4 is 10.9 Å². The van der Waals surface area contributed by atoms with Crippen molar-refractivity contribution < 1.29 is 9.90 Å². The predicted octanol–water partition coefficient (Wildman–Crippen LogP) is 0.266. The number of hydrogen-bond acceptors (Lipinski definition) is 3. The van der Waals surface area contributed by atoms with Gasteiger partial charge in [-0.15, -0.1) is 0 Å². The highest BCUT2D eigenvalue weighted by Gasteiger charge is 2.28. The molecule has 5 heteroatoms. The minimum Gasteiger partial charge on any atom is -0.396 e. The summed E-state index contributed by atoms with van der Waals surface area (Å²) in [6.45, 7) is 0.0795. The third-order valence-corrected chi connectivity index (χ3v) is 3.27. The zero-order chi connectivity index (χ0) is 12.3. The van der Waals surface area contributed by atoms with E-state index < -0.39 is 0 Å². The van der Waals surface area contributed by atoms with E-state index in [4.69, 9.17) is 5.11 Å². The van der Waals surface area contributed by atoms with Crippen molar-refractivity contribution in [3.63, 3.8) is 0 Å². The Kier molecular flexibility index (Phi) is 3.58. The van der Waals surface area contributed by atoms with Crippen LogP contribution in [0.3, 0.4) is 0 Å². The maximum Gasteiger partial charge on any atom is 0.260 e. The van der Waals surface area contributed by atoms with Crippen molar-refractivity contribution in [3.8, 4) is 0 Å². The second-order valence-electron chi connectivity index (χ2n) is 4.37. The summed E-state index contributed by atoms with van der Waals surface area (Å²) in [7, 11) is 0. The molecule has 0 radical (unpaired) electrons. The summed E-state index contributed by atoms with van der Waals surface area (Å²) in [5, 5.41) is 12.0. The molecule has 2 rings (SSSR count). The molecule has 0 aromatic carbocycles. The van der Waals surface area contributed by atoms with Gasteiger partial charge in [0.05, 0.1) is 0 Å². The lowest BCUT2D eigenvalue weighted by Crippen LogP contribution is -2.40. The molecule has 0 bridgehead atoms. The van der Waals surface area contributed by atoms with Crippen LogP contribution in [0.1, 0.15) is 29.6 Å². The van der Waals surface area contributed by atoms with Crippen LogP contribution in [-0.4, -0.2) is 28.6 Å². The van der Waals surface area contributed by atoms with Crippen molar-refractivity contribution in [2.75, 3.05) is 6.61 Å². The predicted molar refractivity (Wildman–Crippen MR) is 62.7 cm³/mol. The largest absolute Gasteiger partial charge is 0.396 e. The summed E-state index contributed by atoms with van der Waals surface area (Å²) < 4.78 is 0. The normalized spacial score (nSPS) is 23.6. The Balaban J connectivity index is 2.07. The molecule has 5 nitrogen and oxygen atoms in total. The van der Waals surface area contributed by atoms with E-state index in [1.54, 1.807) is 6.07 Å². The summed E-state index contributed by atoms with van der Waals surface area (Å²) in [6, 6.07) is 3.10. The van der Waals surface area contributed by atoms with Crippen LogP contribution in [0.2, 0.25) is 0 Å². The minimum atomic E-state index is -0.386. The molecule has 0 aliphatic heterocycles. The van der Waals surface area contributed by atoms with E-state index in [2.05, 4.69) is 10.3 Å². The quantitative estimate of drug-likeness (QED) is 0.704. The van der Waals surface area contributed by atoms with Crippen LogP contribution >= 0.6 is 0 Å². The Morgan fingerprint density at radius 1 is 1.53 bits per heavy atom. The molecule has 1 heterocycles. The van der Waals surface area contributed by atoms with Gasteiger partial charge in [0.15, 0.2) is 0 Å². The summed E-state index contributed by atoms with van der Waals surface area (Å²) in [4.78, 5) is 25.8. The molecule has 1 aliphatic carbocycles. The van der Waals surface area contributed by atoms with Gasteiger partial charge in [0.1, 0.15) is 5.56 Å². The lowest BCUT2D eigenvalue weighted by molar-refractivity contribution is 0.0914. The van der Waals surface area contributed by atoms with Gasteiger partial charge in [-0.2, -0.15) is 0 Å². The molecule has 1 aromatic rings. The number of amides is 1. The number of H-pyrrole nitrogens is 1. The van der Waals surface area contributed by atoms with Gasteiger partial charge in [-0.3, -0.25) is 9.59 Å². The summed E-state index contributed by atoms with van der Waals surface area (Å²) in [5.74, 6) is -0.251. The van der Waals surface area contributed by atoms with Gasteiger partial charge < -0.3 is 15.4 Å². The van der Waals surface area contributed by atoms with Crippen molar-refractivity contribution in [2.45, 2.75) is 25.3 Å². The van der Waals surface area contributed by atoms with Gasteiger partial charge in [-0.25, -0.2) is 0 Å². The van der Waals surface area contributed by atoms with Crippen molar-refractivity contribution in [1.82, 2.24) is 10.3 Å². The first-order valence-corrected chi connectivity index (χ1v) is 5.82. The lowest BCUT2D eigenvalue weighted by atomic mass is 10.0. The number of rotatable bonds is 3. The fourth-order valence-corrected chi connectivity index (χ4v) is 2.29. The number of carbonyl (C=O) groups excluding carboxylic acids is 1. The van der Waals surface area contributed by atoms with Crippen molar-refractivity contribution in [1.29, 1.82) is 0 Å². The van der Waals surface area contributed by atoms with Gasteiger partial charge in [-0.1, -0.05) is 6.42 Å². The summed E-state index contributed by atoms with van der Waals surface area (Å²) in [5.41, 5.74) is -0.264. The third kappa shape index (κ3) is 2.55. The number of aliphatic hydroxyl groups is 1. The van der Waals surface area contributed by atoms with E-state index in [0.717, 1.165) is 19.3 Å². The number of nitrogens with one attached hydrogen (secondary N) is 2. The van der Waals surface area contributed by atoms with E-state index >= 15 is 0 Å². The highest BCUT2D eigenvalue weighted by Crippen LogP contribution is 2.25. The third-order valence-electron chi connectivity index (χ3n) is 3.27. The molecule has 3 N–H and O–H groups in total. The monoisotopic (exact) mass is 236 g/mol. The number of carbonyl (C=O) groups is 1. The van der Waals surface area contributed by atoms with Crippen LogP contribution in [-0.2, 0) is 0 Å². The van der Waals surface area contributed by atoms with Gasteiger partial charge in [-0.05, 0) is 25.0 Å². The molecule has 1 amide bonds. The van der Waals surface area contributed by atoms with Crippen LogP contribution in [0.5, 0.6) is 0 Å². The smallest absolute Gasteiger partial charge is 0.260 e. The first kappa shape index (κ1) is 11.9. The zero-order valence-corrected chi connectivity index (χ0v) is 9.48. The Morgan fingerprint density at radius 2 is 2.35 bits per heavy atom. The molecular weight excluding hydrogens is 220 g/mol. The number of hydrogen-bond donors (Lipinski definition) is 3. The number of pyridine rings is 1. The van der Waals surface area contributed by atoms with Gasteiger partial charge in [0.2, 0.25) is 0 Å². The van der Waals surface area contributed by atoms with E-state index in [0.29, 0.717) is 0 Å². The maximum atomic E-state index is 11.9. The number of aliphatic hydroxyl groups excluding tert-OH is 1. The Morgan fingerprint density at radius 3 is 3.06 bits per heavy atom.